The maximum Gasteiger partial charge on any atom is 0.341 e. The molecule has 0 spiro atoms. The fourth-order valence-corrected chi connectivity index (χ4v) is 1.33. The zero-order valence-corrected chi connectivity index (χ0v) is 9.30. The van der Waals surface area contributed by atoms with E-state index >= 15 is 0 Å². The van der Waals surface area contributed by atoms with Crippen LogP contribution in [0.15, 0.2) is 12.3 Å². The Morgan fingerprint density at radius 2 is 2.12 bits per heavy atom. The predicted octanol–water partition coefficient (Wildman–Crippen LogP) is 0.402. The molecule has 2 heterocycles. The predicted molar refractivity (Wildman–Crippen MR) is 59.6 cm³/mol. The largest absolute Gasteiger partial charge is 0.467 e. The lowest BCUT2D eigenvalue weighted by atomic mass is 10.2. The van der Waals surface area contributed by atoms with Crippen molar-refractivity contribution < 1.29 is 14.3 Å². The van der Waals surface area contributed by atoms with Gasteiger partial charge < -0.3 is 15.2 Å². The Labute approximate surface area is 96.6 Å². The van der Waals surface area contributed by atoms with E-state index in [0.717, 1.165) is 0 Å². The van der Waals surface area contributed by atoms with Crippen LogP contribution in [0.1, 0.15) is 10.4 Å². The highest BCUT2D eigenvalue weighted by atomic mass is 16.5. The quantitative estimate of drug-likeness (QED) is 0.750. The van der Waals surface area contributed by atoms with Crippen LogP contribution in [0.5, 0.6) is 6.01 Å². The Kier molecular flexibility index (Phi) is 2.73. The first-order valence-corrected chi connectivity index (χ1v) is 4.71. The summed E-state index contributed by atoms with van der Waals surface area (Å²) in [6.45, 7) is 0. The number of nitrogens with zero attached hydrogens (tertiary/aromatic N) is 3. The number of fused-ring (bicyclic) bond motifs is 1. The van der Waals surface area contributed by atoms with Gasteiger partial charge in [-0.25, -0.2) is 14.8 Å². The van der Waals surface area contributed by atoms with Crippen molar-refractivity contribution in [3.63, 3.8) is 0 Å². The highest BCUT2D eigenvalue weighted by Crippen LogP contribution is 2.18. The third-order valence-corrected chi connectivity index (χ3v) is 2.16. The van der Waals surface area contributed by atoms with Crippen molar-refractivity contribution >= 4 is 22.8 Å². The van der Waals surface area contributed by atoms with Crippen LogP contribution in [0.4, 0.5) is 5.82 Å². The number of anilines is 1. The van der Waals surface area contributed by atoms with Crippen LogP contribution in [0.2, 0.25) is 0 Å². The molecule has 0 unspecified atom stereocenters. The van der Waals surface area contributed by atoms with E-state index in [4.69, 9.17) is 10.5 Å². The Balaban J connectivity index is 2.62. The molecule has 0 atom stereocenters. The van der Waals surface area contributed by atoms with Gasteiger partial charge in [-0.1, -0.05) is 0 Å². The third kappa shape index (κ3) is 1.94. The number of aromatic nitrogens is 3. The smallest absolute Gasteiger partial charge is 0.341 e. The number of methoxy groups -OCH3 is 2. The molecule has 0 fully saturated rings. The van der Waals surface area contributed by atoms with E-state index in [9.17, 15) is 4.79 Å². The van der Waals surface area contributed by atoms with Gasteiger partial charge in [-0.05, 0) is 6.07 Å². The van der Waals surface area contributed by atoms with Crippen molar-refractivity contribution in [2.45, 2.75) is 0 Å². The second kappa shape index (κ2) is 4.20. The Morgan fingerprint density at radius 3 is 2.76 bits per heavy atom. The maximum atomic E-state index is 11.4. The topological polar surface area (TPSA) is 100 Å². The number of carbonyl (C=O) groups is 1. The molecule has 2 N–H and O–H groups in total. The molecule has 0 saturated carbocycles. The minimum atomic E-state index is -0.548. The van der Waals surface area contributed by atoms with E-state index in [1.165, 1.54) is 26.5 Å². The van der Waals surface area contributed by atoms with Crippen molar-refractivity contribution in [2.24, 2.45) is 0 Å². The molecule has 0 aliphatic carbocycles. The first-order chi connectivity index (χ1) is 8.15. The molecule has 0 aliphatic heterocycles. The van der Waals surface area contributed by atoms with Gasteiger partial charge in [0.1, 0.15) is 11.4 Å². The molecule has 0 radical (unpaired) electrons. The van der Waals surface area contributed by atoms with Crippen molar-refractivity contribution in [3.8, 4) is 6.01 Å². The number of hydrogen-bond donors (Lipinski definition) is 1. The fourth-order valence-electron chi connectivity index (χ4n) is 1.33. The Bertz CT molecular complexity index is 585. The van der Waals surface area contributed by atoms with Crippen LogP contribution in [-0.2, 0) is 4.74 Å². The van der Waals surface area contributed by atoms with E-state index in [0.29, 0.717) is 11.0 Å². The molecule has 2 rings (SSSR count). The molecular formula is C10H10N4O3. The molecule has 7 nitrogen and oxygen atoms in total. The zero-order chi connectivity index (χ0) is 12.4. The summed E-state index contributed by atoms with van der Waals surface area (Å²) in [5.41, 5.74) is 6.19. The summed E-state index contributed by atoms with van der Waals surface area (Å²) in [5.74, 6) is -0.488. The van der Waals surface area contributed by atoms with E-state index < -0.39 is 5.97 Å². The SMILES string of the molecule is COC(=O)c1cc2cnc(OC)nc2nc1N. The molecular weight excluding hydrogens is 224 g/mol. The second-order valence-electron chi connectivity index (χ2n) is 3.18. The monoisotopic (exact) mass is 234 g/mol. The molecule has 0 amide bonds. The molecule has 0 aromatic carbocycles. The summed E-state index contributed by atoms with van der Waals surface area (Å²) in [6, 6.07) is 1.72. The van der Waals surface area contributed by atoms with E-state index in [-0.39, 0.29) is 17.4 Å². The number of rotatable bonds is 2. The number of ether oxygens (including phenoxy) is 2. The molecule has 7 heteroatoms. The maximum absolute atomic E-state index is 11.4. The van der Waals surface area contributed by atoms with Gasteiger partial charge in [0.15, 0.2) is 5.65 Å². The van der Waals surface area contributed by atoms with Crippen LogP contribution in [-0.4, -0.2) is 35.1 Å². The summed E-state index contributed by atoms with van der Waals surface area (Å²) in [7, 11) is 2.73. The zero-order valence-electron chi connectivity index (χ0n) is 9.30. The molecule has 0 saturated heterocycles. The summed E-state index contributed by atoms with van der Waals surface area (Å²) in [4.78, 5) is 23.3. The van der Waals surface area contributed by atoms with Gasteiger partial charge in [0.05, 0.1) is 14.2 Å². The minimum absolute atomic E-state index is 0.0603. The van der Waals surface area contributed by atoms with Crippen LogP contribution < -0.4 is 10.5 Å². The summed E-state index contributed by atoms with van der Waals surface area (Å²) >= 11 is 0. The summed E-state index contributed by atoms with van der Waals surface area (Å²) in [5, 5.41) is 0.584. The van der Waals surface area contributed by atoms with Crippen LogP contribution in [0, 0.1) is 0 Å². The van der Waals surface area contributed by atoms with Crippen molar-refractivity contribution in [2.75, 3.05) is 20.0 Å². The molecule has 2 aromatic heterocycles. The Morgan fingerprint density at radius 1 is 1.35 bits per heavy atom. The van der Waals surface area contributed by atoms with E-state index in [1.54, 1.807) is 0 Å². The normalized spacial score (nSPS) is 10.2. The highest BCUT2D eigenvalue weighted by Gasteiger charge is 2.13. The van der Waals surface area contributed by atoms with Gasteiger partial charge >= 0.3 is 12.0 Å². The third-order valence-electron chi connectivity index (χ3n) is 2.16. The van der Waals surface area contributed by atoms with Crippen LogP contribution >= 0.6 is 0 Å². The second-order valence-corrected chi connectivity index (χ2v) is 3.18. The van der Waals surface area contributed by atoms with Crippen LogP contribution in [0.3, 0.4) is 0 Å². The van der Waals surface area contributed by atoms with Gasteiger partial charge in [-0.2, -0.15) is 4.98 Å². The minimum Gasteiger partial charge on any atom is -0.467 e. The lowest BCUT2D eigenvalue weighted by Gasteiger charge is -2.05. The van der Waals surface area contributed by atoms with Crippen molar-refractivity contribution in [3.05, 3.63) is 17.8 Å². The lowest BCUT2D eigenvalue weighted by Crippen LogP contribution is -2.08. The molecule has 2 aromatic rings. The molecule has 0 bridgehead atoms. The van der Waals surface area contributed by atoms with Gasteiger partial charge in [0, 0.05) is 11.6 Å². The average Bonchev–Trinajstić information content (AvgIpc) is 2.36. The lowest BCUT2D eigenvalue weighted by molar-refractivity contribution is 0.0602. The van der Waals surface area contributed by atoms with Gasteiger partial charge in [-0.3, -0.25) is 0 Å². The standard InChI is InChI=1S/C10H10N4O3/c1-16-9(15)6-3-5-4-12-10(17-2)14-8(5)13-7(6)11/h3-4H,1-2H3,(H2,11,12,13,14). The first-order valence-electron chi connectivity index (χ1n) is 4.71. The van der Waals surface area contributed by atoms with E-state index in [1.807, 2.05) is 0 Å². The van der Waals surface area contributed by atoms with Crippen molar-refractivity contribution in [1.29, 1.82) is 0 Å². The fraction of sp³-hybridized carbons (Fsp3) is 0.200. The highest BCUT2D eigenvalue weighted by molar-refractivity contribution is 5.97. The van der Waals surface area contributed by atoms with Crippen molar-refractivity contribution in [1.82, 2.24) is 15.0 Å². The number of pyridine rings is 1. The number of esters is 1. The van der Waals surface area contributed by atoms with E-state index in [2.05, 4.69) is 19.7 Å². The van der Waals surface area contributed by atoms with Gasteiger partial charge in [-0.15, -0.1) is 0 Å². The molecule has 88 valence electrons. The van der Waals surface area contributed by atoms with Crippen LogP contribution in [0.25, 0.3) is 11.0 Å². The first kappa shape index (κ1) is 11.1. The number of nitrogen functional groups attached to an aromatic ring is 1. The summed E-state index contributed by atoms with van der Waals surface area (Å²) < 4.78 is 9.45. The number of nitrogens with two attached hydrogens (primary N) is 1. The summed E-state index contributed by atoms with van der Waals surface area (Å²) in [6.07, 6.45) is 1.50. The average molecular weight is 234 g/mol. The van der Waals surface area contributed by atoms with Gasteiger partial charge in [0.25, 0.3) is 0 Å². The van der Waals surface area contributed by atoms with Gasteiger partial charge in [0.2, 0.25) is 0 Å². The molecule has 17 heavy (non-hydrogen) atoms. The molecule has 0 aliphatic rings. The Hall–Kier alpha value is -2.44. The number of carbonyl (C=O) groups excluding carboxylic acids is 1. The number of hydrogen-bond acceptors (Lipinski definition) is 7.